The molecule has 5 nitrogen and oxygen atoms in total. The molecule has 1 heterocycles. The third kappa shape index (κ3) is 5.12. The van der Waals surface area contributed by atoms with Gasteiger partial charge in [-0.3, -0.25) is 4.79 Å². The fourth-order valence-electron chi connectivity index (χ4n) is 3.67. The minimum absolute atomic E-state index is 0.0410. The molecule has 1 amide bonds. The zero-order valence-corrected chi connectivity index (χ0v) is 17.8. The van der Waals surface area contributed by atoms with Gasteiger partial charge in [-0.05, 0) is 49.2 Å². The van der Waals surface area contributed by atoms with E-state index in [9.17, 15) is 4.79 Å². The number of hydrogen-bond donors (Lipinski definition) is 1. The topological polar surface area (TPSA) is 56.1 Å². The molecule has 0 saturated carbocycles. The minimum atomic E-state index is -0.0410. The first-order valence-electron chi connectivity index (χ1n) is 10.7. The van der Waals surface area contributed by atoms with Crippen LogP contribution in [0.1, 0.15) is 28.2 Å². The van der Waals surface area contributed by atoms with E-state index in [2.05, 4.69) is 28.9 Å². The number of nitrogens with one attached hydrogen (secondary N) is 1. The number of benzene rings is 3. The molecule has 3 aromatic carbocycles. The van der Waals surface area contributed by atoms with E-state index in [1.54, 1.807) is 0 Å². The van der Waals surface area contributed by atoms with Gasteiger partial charge in [0.2, 0.25) is 0 Å². The minimum Gasteiger partial charge on any atom is -0.491 e. The molecular formula is C26H27N3O2. The molecule has 4 aromatic rings. The van der Waals surface area contributed by atoms with Crippen LogP contribution >= 0.6 is 0 Å². The lowest BCUT2D eigenvalue weighted by Crippen LogP contribution is -2.25. The number of imidazole rings is 1. The molecule has 0 aliphatic rings. The highest BCUT2D eigenvalue weighted by atomic mass is 16.5. The Balaban J connectivity index is 1.38. The van der Waals surface area contributed by atoms with Crippen molar-refractivity contribution in [3.8, 4) is 5.75 Å². The molecule has 0 fully saturated rings. The van der Waals surface area contributed by atoms with E-state index in [1.807, 2.05) is 66.7 Å². The highest BCUT2D eigenvalue weighted by Crippen LogP contribution is 2.19. The molecular weight excluding hydrogens is 386 g/mol. The number of carbonyl (C=O) groups excluding carboxylic acids is 1. The van der Waals surface area contributed by atoms with Gasteiger partial charge in [0.05, 0.1) is 17.6 Å². The average Bonchev–Trinajstić information content (AvgIpc) is 3.16. The van der Waals surface area contributed by atoms with Crippen molar-refractivity contribution in [3.63, 3.8) is 0 Å². The van der Waals surface area contributed by atoms with Crippen LogP contribution in [0.3, 0.4) is 0 Å². The zero-order valence-electron chi connectivity index (χ0n) is 17.8. The Labute approximate surface area is 182 Å². The molecule has 5 heteroatoms. The quantitative estimate of drug-likeness (QED) is 0.402. The van der Waals surface area contributed by atoms with Crippen LogP contribution in [0.2, 0.25) is 0 Å². The smallest absolute Gasteiger partial charge is 0.251 e. The summed E-state index contributed by atoms with van der Waals surface area (Å²) in [5.74, 6) is 1.89. The summed E-state index contributed by atoms with van der Waals surface area (Å²) in [7, 11) is 0. The normalized spacial score (nSPS) is 10.9. The monoisotopic (exact) mass is 413 g/mol. The Hall–Kier alpha value is -3.60. The first kappa shape index (κ1) is 20.7. The van der Waals surface area contributed by atoms with Gasteiger partial charge in [0.15, 0.2) is 0 Å². The summed E-state index contributed by atoms with van der Waals surface area (Å²) >= 11 is 0. The predicted molar refractivity (Wildman–Crippen MR) is 124 cm³/mol. The van der Waals surface area contributed by atoms with E-state index in [4.69, 9.17) is 9.72 Å². The summed E-state index contributed by atoms with van der Waals surface area (Å²) in [6, 6.07) is 25.5. The Kier molecular flexibility index (Phi) is 6.62. The molecule has 1 aromatic heterocycles. The van der Waals surface area contributed by atoms with E-state index in [0.29, 0.717) is 18.7 Å². The molecule has 158 valence electrons. The highest BCUT2D eigenvalue weighted by molar-refractivity contribution is 5.94. The van der Waals surface area contributed by atoms with Crippen LogP contribution in [-0.2, 0) is 13.0 Å². The Bertz CT molecular complexity index is 1150. The van der Waals surface area contributed by atoms with Crippen molar-refractivity contribution in [2.75, 3.05) is 13.2 Å². The Morgan fingerprint density at radius 1 is 0.968 bits per heavy atom. The second-order valence-electron chi connectivity index (χ2n) is 7.51. The van der Waals surface area contributed by atoms with Crippen molar-refractivity contribution in [1.82, 2.24) is 14.9 Å². The number of fused-ring (bicyclic) bond motifs is 1. The van der Waals surface area contributed by atoms with Crippen molar-refractivity contribution >= 4 is 16.9 Å². The van der Waals surface area contributed by atoms with Crippen molar-refractivity contribution in [2.45, 2.75) is 26.3 Å². The standard InChI is InChI=1S/C26H27N3O2/c1-20-10-5-8-15-24(20)31-19-18-29-23-14-7-6-13-22(23)28-25(29)16-9-17-27-26(30)21-11-3-2-4-12-21/h2-8,10-15H,9,16-19H2,1H3,(H,27,30). The van der Waals surface area contributed by atoms with Gasteiger partial charge < -0.3 is 14.6 Å². The van der Waals surface area contributed by atoms with Gasteiger partial charge in [-0.1, -0.05) is 48.5 Å². The molecule has 0 unspecified atom stereocenters. The highest BCUT2D eigenvalue weighted by Gasteiger charge is 2.11. The van der Waals surface area contributed by atoms with E-state index in [-0.39, 0.29) is 5.91 Å². The van der Waals surface area contributed by atoms with Crippen LogP contribution in [0.5, 0.6) is 5.75 Å². The molecule has 0 saturated heterocycles. The number of aryl methyl sites for hydroxylation is 2. The van der Waals surface area contributed by atoms with Gasteiger partial charge in [0, 0.05) is 18.5 Å². The van der Waals surface area contributed by atoms with Gasteiger partial charge >= 0.3 is 0 Å². The van der Waals surface area contributed by atoms with Crippen LogP contribution in [0.15, 0.2) is 78.9 Å². The maximum atomic E-state index is 12.2. The van der Waals surface area contributed by atoms with Crippen LogP contribution in [0.25, 0.3) is 11.0 Å². The lowest BCUT2D eigenvalue weighted by atomic mass is 10.2. The molecule has 0 atom stereocenters. The molecule has 0 radical (unpaired) electrons. The summed E-state index contributed by atoms with van der Waals surface area (Å²) in [5.41, 5.74) is 3.91. The van der Waals surface area contributed by atoms with Crippen LogP contribution < -0.4 is 10.1 Å². The van der Waals surface area contributed by atoms with E-state index in [1.165, 1.54) is 0 Å². The van der Waals surface area contributed by atoms with Crippen molar-refractivity contribution in [3.05, 3.63) is 95.8 Å². The number of rotatable bonds is 9. The molecule has 0 aliphatic heterocycles. The molecule has 0 spiro atoms. The van der Waals surface area contributed by atoms with Gasteiger partial charge in [-0.25, -0.2) is 4.98 Å². The SMILES string of the molecule is Cc1ccccc1OCCn1c(CCCNC(=O)c2ccccc2)nc2ccccc21. The maximum Gasteiger partial charge on any atom is 0.251 e. The van der Waals surface area contributed by atoms with Gasteiger partial charge in [-0.2, -0.15) is 0 Å². The Morgan fingerprint density at radius 2 is 1.71 bits per heavy atom. The first-order chi connectivity index (χ1) is 15.2. The largest absolute Gasteiger partial charge is 0.491 e. The van der Waals surface area contributed by atoms with Crippen LogP contribution in [-0.4, -0.2) is 28.6 Å². The van der Waals surface area contributed by atoms with Crippen molar-refractivity contribution in [2.24, 2.45) is 0 Å². The molecule has 0 aliphatic carbocycles. The van der Waals surface area contributed by atoms with Gasteiger partial charge in [0.1, 0.15) is 18.2 Å². The second kappa shape index (κ2) is 9.94. The molecule has 31 heavy (non-hydrogen) atoms. The summed E-state index contributed by atoms with van der Waals surface area (Å²) in [6.07, 6.45) is 1.61. The van der Waals surface area contributed by atoms with Gasteiger partial charge in [0.25, 0.3) is 5.91 Å². The molecule has 1 N–H and O–H groups in total. The third-order valence-electron chi connectivity index (χ3n) is 5.30. The number of ether oxygens (including phenoxy) is 1. The zero-order chi connectivity index (χ0) is 21.5. The average molecular weight is 414 g/mol. The molecule has 0 bridgehead atoms. The fourth-order valence-corrected chi connectivity index (χ4v) is 3.67. The summed E-state index contributed by atoms with van der Waals surface area (Å²) in [5, 5.41) is 2.99. The number of nitrogens with zero attached hydrogens (tertiary/aromatic N) is 2. The fraction of sp³-hybridized carbons (Fsp3) is 0.231. The van der Waals surface area contributed by atoms with Gasteiger partial charge in [-0.15, -0.1) is 0 Å². The summed E-state index contributed by atoms with van der Waals surface area (Å²) in [4.78, 5) is 17.0. The maximum absolute atomic E-state index is 12.2. The number of amides is 1. The first-order valence-corrected chi connectivity index (χ1v) is 10.7. The molecule has 4 rings (SSSR count). The number of aromatic nitrogens is 2. The lowest BCUT2D eigenvalue weighted by molar-refractivity contribution is 0.0953. The predicted octanol–water partition coefficient (Wildman–Crippen LogP) is 4.79. The third-order valence-corrected chi connectivity index (χ3v) is 5.30. The van der Waals surface area contributed by atoms with Crippen LogP contribution in [0.4, 0.5) is 0 Å². The lowest BCUT2D eigenvalue weighted by Gasteiger charge is -2.12. The number of para-hydroxylation sites is 3. The Morgan fingerprint density at radius 3 is 2.55 bits per heavy atom. The summed E-state index contributed by atoms with van der Waals surface area (Å²) in [6.45, 7) is 3.96. The second-order valence-corrected chi connectivity index (χ2v) is 7.51. The number of carbonyl (C=O) groups is 1. The number of hydrogen-bond acceptors (Lipinski definition) is 3. The van der Waals surface area contributed by atoms with E-state index >= 15 is 0 Å². The van der Waals surface area contributed by atoms with E-state index < -0.39 is 0 Å². The summed E-state index contributed by atoms with van der Waals surface area (Å²) < 4.78 is 8.24. The van der Waals surface area contributed by atoms with E-state index in [0.717, 1.165) is 47.6 Å². The van der Waals surface area contributed by atoms with Crippen molar-refractivity contribution in [1.29, 1.82) is 0 Å². The van der Waals surface area contributed by atoms with Crippen molar-refractivity contribution < 1.29 is 9.53 Å². The van der Waals surface area contributed by atoms with Crippen LogP contribution in [0, 0.1) is 6.92 Å².